The molecule has 1 N–H and O–H groups in total. The Morgan fingerprint density at radius 1 is 1.07 bits per heavy atom. The van der Waals surface area contributed by atoms with Crippen LogP contribution in [0.4, 0.5) is 0 Å². The largest absolute Gasteiger partial charge is 0.497 e. The van der Waals surface area contributed by atoms with E-state index in [9.17, 15) is 13.5 Å². The Morgan fingerprint density at radius 3 is 2.37 bits per heavy atom. The quantitative estimate of drug-likeness (QED) is 0.628. The molecule has 0 bridgehead atoms. The summed E-state index contributed by atoms with van der Waals surface area (Å²) in [4.78, 5) is 0.241. The van der Waals surface area contributed by atoms with Crippen LogP contribution in [0, 0.1) is 5.92 Å². The molecule has 5 nitrogen and oxygen atoms in total. The van der Waals surface area contributed by atoms with Gasteiger partial charge in [0.25, 0.3) is 0 Å². The molecule has 0 heterocycles. The average molecular weight is 391 g/mol. The van der Waals surface area contributed by atoms with Gasteiger partial charge in [0, 0.05) is 17.9 Å². The van der Waals surface area contributed by atoms with Gasteiger partial charge in [-0.25, -0.2) is 8.42 Å². The number of hydrogen-bond acceptors (Lipinski definition) is 5. The second-order valence-electron chi connectivity index (χ2n) is 6.30. The fourth-order valence-electron chi connectivity index (χ4n) is 2.42. The molecule has 0 aliphatic rings. The van der Waals surface area contributed by atoms with Crippen molar-refractivity contribution in [2.75, 3.05) is 13.7 Å². The topological polar surface area (TPSA) is 72.8 Å². The molecule has 0 aliphatic carbocycles. The maximum atomic E-state index is 12.2. The second kappa shape index (κ2) is 10.3. The predicted molar refractivity (Wildman–Crippen MR) is 105 cm³/mol. The Bertz CT molecular complexity index is 813. The molecule has 146 valence electrons. The summed E-state index contributed by atoms with van der Waals surface area (Å²) in [5.74, 6) is 0.494. The number of hydrogen-bond donors (Lipinski definition) is 1. The van der Waals surface area contributed by atoms with E-state index in [1.54, 1.807) is 44.4 Å². The average Bonchev–Trinajstić information content (AvgIpc) is 2.70. The monoisotopic (exact) mass is 390 g/mol. The maximum Gasteiger partial charge on any atom is 0.199 e. The van der Waals surface area contributed by atoms with Crippen LogP contribution in [0.25, 0.3) is 0 Å². The number of aliphatic hydroxyl groups is 1. The molecule has 0 amide bonds. The summed E-state index contributed by atoms with van der Waals surface area (Å²) in [7, 11) is -1.87. The van der Waals surface area contributed by atoms with Crippen molar-refractivity contribution in [1.29, 1.82) is 0 Å². The first-order valence-electron chi connectivity index (χ1n) is 8.79. The molecule has 2 aromatic rings. The lowest BCUT2D eigenvalue weighted by Crippen LogP contribution is -2.18. The fourth-order valence-corrected chi connectivity index (χ4v) is 3.57. The molecule has 0 spiro atoms. The van der Waals surface area contributed by atoms with E-state index in [0.717, 1.165) is 16.7 Å². The number of sulfone groups is 1. The van der Waals surface area contributed by atoms with E-state index >= 15 is 0 Å². The SMILES string of the molecule is COc1ccc(COCC[C@H](O)[C@H](C)/C=C/S(=O)(=O)c2ccccc2)cc1. The van der Waals surface area contributed by atoms with Gasteiger partial charge in [-0.2, -0.15) is 0 Å². The van der Waals surface area contributed by atoms with Crippen LogP contribution in [0.3, 0.4) is 0 Å². The molecule has 0 saturated carbocycles. The van der Waals surface area contributed by atoms with Crippen molar-refractivity contribution >= 4 is 9.84 Å². The first-order chi connectivity index (χ1) is 12.9. The van der Waals surface area contributed by atoms with Gasteiger partial charge in [0.05, 0.1) is 24.7 Å². The van der Waals surface area contributed by atoms with E-state index in [0.29, 0.717) is 19.6 Å². The fraction of sp³-hybridized carbons (Fsp3) is 0.333. The van der Waals surface area contributed by atoms with Crippen molar-refractivity contribution in [1.82, 2.24) is 0 Å². The van der Waals surface area contributed by atoms with Gasteiger partial charge in [-0.1, -0.05) is 43.3 Å². The van der Waals surface area contributed by atoms with Crippen molar-refractivity contribution < 1.29 is 23.0 Å². The van der Waals surface area contributed by atoms with Crippen molar-refractivity contribution in [3.05, 3.63) is 71.6 Å². The van der Waals surface area contributed by atoms with Gasteiger partial charge in [-0.15, -0.1) is 0 Å². The van der Waals surface area contributed by atoms with Crippen LogP contribution in [0.1, 0.15) is 18.9 Å². The summed E-state index contributed by atoms with van der Waals surface area (Å²) < 4.78 is 35.1. The number of rotatable bonds is 10. The van der Waals surface area contributed by atoms with Gasteiger partial charge in [0.2, 0.25) is 0 Å². The van der Waals surface area contributed by atoms with Crippen LogP contribution >= 0.6 is 0 Å². The Kier molecular flexibility index (Phi) is 8.03. The van der Waals surface area contributed by atoms with Gasteiger partial charge in [-0.05, 0) is 36.2 Å². The number of aliphatic hydroxyl groups excluding tert-OH is 1. The van der Waals surface area contributed by atoms with E-state index in [1.165, 1.54) is 6.08 Å². The van der Waals surface area contributed by atoms with Gasteiger partial charge in [0.15, 0.2) is 9.84 Å². The molecule has 2 rings (SSSR count). The van der Waals surface area contributed by atoms with Crippen LogP contribution in [0.15, 0.2) is 71.0 Å². The summed E-state index contributed by atoms with van der Waals surface area (Å²) in [6, 6.07) is 15.8. The number of benzene rings is 2. The minimum atomic E-state index is -3.49. The molecule has 0 radical (unpaired) electrons. The molecule has 0 aromatic heterocycles. The molecule has 27 heavy (non-hydrogen) atoms. The van der Waals surface area contributed by atoms with E-state index in [2.05, 4.69) is 0 Å². The molecule has 2 aromatic carbocycles. The zero-order chi connectivity index (χ0) is 19.7. The normalized spacial score (nSPS) is 14.2. The van der Waals surface area contributed by atoms with Crippen LogP contribution in [-0.4, -0.2) is 33.3 Å². The van der Waals surface area contributed by atoms with Crippen LogP contribution in [-0.2, 0) is 21.2 Å². The van der Waals surface area contributed by atoms with Crippen LogP contribution in [0.2, 0.25) is 0 Å². The molecule has 0 fully saturated rings. The highest BCUT2D eigenvalue weighted by molar-refractivity contribution is 7.94. The number of methoxy groups -OCH3 is 1. The highest BCUT2D eigenvalue weighted by Crippen LogP contribution is 2.16. The lowest BCUT2D eigenvalue weighted by atomic mass is 10.0. The molecular weight excluding hydrogens is 364 g/mol. The molecule has 0 aliphatic heterocycles. The van der Waals surface area contributed by atoms with Crippen LogP contribution < -0.4 is 4.74 Å². The Labute approximate surface area is 161 Å². The Morgan fingerprint density at radius 2 is 1.74 bits per heavy atom. The van der Waals surface area contributed by atoms with Crippen molar-refractivity contribution in [2.24, 2.45) is 5.92 Å². The lowest BCUT2D eigenvalue weighted by molar-refractivity contribution is 0.0590. The second-order valence-corrected chi connectivity index (χ2v) is 8.14. The van der Waals surface area contributed by atoms with Gasteiger partial charge < -0.3 is 14.6 Å². The Balaban J connectivity index is 1.77. The third-order valence-corrected chi connectivity index (χ3v) is 5.67. The lowest BCUT2D eigenvalue weighted by Gasteiger charge is -2.15. The zero-order valence-corrected chi connectivity index (χ0v) is 16.4. The Hall–Kier alpha value is -2.15. The van der Waals surface area contributed by atoms with Crippen molar-refractivity contribution in [3.8, 4) is 5.75 Å². The maximum absolute atomic E-state index is 12.2. The highest BCUT2D eigenvalue weighted by Gasteiger charge is 2.14. The molecule has 0 saturated heterocycles. The minimum Gasteiger partial charge on any atom is -0.497 e. The summed E-state index contributed by atoms with van der Waals surface area (Å²) in [5, 5.41) is 11.4. The molecule has 2 atom stereocenters. The minimum absolute atomic E-state index is 0.241. The molecule has 0 unspecified atom stereocenters. The van der Waals surface area contributed by atoms with Gasteiger partial charge >= 0.3 is 0 Å². The highest BCUT2D eigenvalue weighted by atomic mass is 32.2. The summed E-state index contributed by atoms with van der Waals surface area (Å²) in [5.41, 5.74) is 1.02. The summed E-state index contributed by atoms with van der Waals surface area (Å²) >= 11 is 0. The predicted octanol–water partition coefficient (Wildman–Crippen LogP) is 3.59. The standard InChI is InChI=1S/C21H26O5S/c1-17(13-15-27(23,24)20-6-4-3-5-7-20)21(22)12-14-26-16-18-8-10-19(25-2)11-9-18/h3-11,13,15,17,21-22H,12,14,16H2,1-2H3/b15-13+/t17-,21+/m1/s1. The van der Waals surface area contributed by atoms with E-state index in [-0.39, 0.29) is 10.8 Å². The van der Waals surface area contributed by atoms with E-state index in [4.69, 9.17) is 9.47 Å². The van der Waals surface area contributed by atoms with E-state index < -0.39 is 15.9 Å². The first-order valence-corrected chi connectivity index (χ1v) is 10.3. The summed E-state index contributed by atoms with van der Waals surface area (Å²) in [6.45, 7) is 2.62. The van der Waals surface area contributed by atoms with Gasteiger partial charge in [-0.3, -0.25) is 0 Å². The van der Waals surface area contributed by atoms with E-state index in [1.807, 2.05) is 24.3 Å². The van der Waals surface area contributed by atoms with Gasteiger partial charge in [0.1, 0.15) is 5.75 Å². The van der Waals surface area contributed by atoms with Crippen LogP contribution in [0.5, 0.6) is 5.75 Å². The first kappa shape index (κ1) is 21.2. The third-order valence-electron chi connectivity index (χ3n) is 4.23. The smallest absolute Gasteiger partial charge is 0.199 e. The zero-order valence-electron chi connectivity index (χ0n) is 15.6. The van der Waals surface area contributed by atoms with Crippen molar-refractivity contribution in [2.45, 2.75) is 31.0 Å². The molecular formula is C21H26O5S. The third kappa shape index (κ3) is 6.82. The number of ether oxygens (including phenoxy) is 2. The molecule has 6 heteroatoms. The van der Waals surface area contributed by atoms with Crippen molar-refractivity contribution in [3.63, 3.8) is 0 Å². The summed E-state index contributed by atoms with van der Waals surface area (Å²) in [6.07, 6.45) is 1.27.